The second-order valence-electron chi connectivity index (χ2n) is 12.1. The van der Waals surface area contributed by atoms with E-state index in [2.05, 4.69) is 25.2 Å². The molecule has 14 heteroatoms. The van der Waals surface area contributed by atoms with Gasteiger partial charge < -0.3 is 0 Å². The fourth-order valence-corrected chi connectivity index (χ4v) is 5.38. The van der Waals surface area contributed by atoms with Crippen molar-refractivity contribution in [3.63, 3.8) is 0 Å². The van der Waals surface area contributed by atoms with Gasteiger partial charge in [-0.15, -0.1) is 0 Å². The number of allylic oxidation sites excluding steroid dienone is 5. The molecule has 6 nitrogen and oxygen atoms in total. The molecule has 0 fully saturated rings. The monoisotopic (exact) mass is 662 g/mol. The fourth-order valence-electron chi connectivity index (χ4n) is 4.30. The van der Waals surface area contributed by atoms with Crippen molar-refractivity contribution in [1.82, 2.24) is 4.31 Å². The molecule has 0 aromatic carbocycles. The molecule has 0 bridgehead atoms. The minimum absolute atomic E-state index is 0.101. The average Bonchev–Trinajstić information content (AvgIpc) is 3.06. The van der Waals surface area contributed by atoms with E-state index in [0.29, 0.717) is 18.6 Å². The van der Waals surface area contributed by atoms with Crippen LogP contribution in [-0.4, -0.2) is 38.4 Å². The van der Waals surface area contributed by atoms with Gasteiger partial charge in [-0.2, -0.15) is 47.6 Å². The molecule has 0 amide bonds. The molecule has 0 unspecified atom stereocenters. The second kappa shape index (κ2) is 11.8. The maximum Gasteiger partial charge on any atom is 0.518 e. The summed E-state index contributed by atoms with van der Waals surface area (Å²) in [4.78, 5) is 0. The van der Waals surface area contributed by atoms with E-state index < -0.39 is 37.0 Å². The van der Waals surface area contributed by atoms with Gasteiger partial charge in [-0.25, -0.2) is 4.31 Å². The molecule has 0 atom stereocenters. The van der Waals surface area contributed by atoms with E-state index in [1.165, 1.54) is 12.2 Å². The van der Waals surface area contributed by atoms with Gasteiger partial charge in [0, 0.05) is 24.5 Å². The third-order valence-electron chi connectivity index (χ3n) is 6.76. The summed E-state index contributed by atoms with van der Waals surface area (Å²) in [5.74, 6) is -1.11. The van der Waals surface area contributed by atoms with Crippen molar-refractivity contribution in [2.24, 2.45) is 10.3 Å². The molecule has 0 saturated carbocycles. The highest BCUT2D eigenvalue weighted by molar-refractivity contribution is 7.91. The van der Waals surface area contributed by atoms with Crippen molar-refractivity contribution in [2.45, 2.75) is 63.4 Å². The molecule has 0 radical (unpaired) electrons. The first-order chi connectivity index (χ1) is 19.9. The first kappa shape index (κ1) is 35.1. The molecule has 2 aliphatic carbocycles. The van der Waals surface area contributed by atoms with Crippen molar-refractivity contribution >= 4 is 32.3 Å². The predicted octanol–water partition coefficient (Wildman–Crippen LogP) is 8.06. The van der Waals surface area contributed by atoms with Crippen LogP contribution >= 0.6 is 0 Å². The molecule has 0 aromatic heterocycles. The molecule has 44 heavy (non-hydrogen) atoms. The Kier molecular flexibility index (Phi) is 9.45. The van der Waals surface area contributed by atoms with Crippen LogP contribution in [0.2, 0.25) is 0 Å². The van der Waals surface area contributed by atoms with Crippen LogP contribution in [0.5, 0.6) is 0 Å². The molecule has 3 rings (SSSR count). The fraction of sp³-hybridized carbons (Fsp3) is 0.367. The topological polar surface area (TPSA) is 83.9 Å². The van der Waals surface area contributed by atoms with Gasteiger partial charge in [0.1, 0.15) is 0 Å². The van der Waals surface area contributed by atoms with E-state index in [1.54, 1.807) is 6.08 Å². The summed E-state index contributed by atoms with van der Waals surface area (Å²) < 4.78 is 127. The van der Waals surface area contributed by atoms with Crippen molar-refractivity contribution in [1.29, 1.82) is 0 Å². The van der Waals surface area contributed by atoms with Gasteiger partial charge >= 0.3 is 31.1 Å². The SMILES string of the molecule is CC(C)(C)c1ccc2c(/C=C/C=C(\C=N\S(=O)(=O)C(F)(F)F)C3C=CN(S(=O)(=O)C(F)(F)F)C=C3)cc(C(C)(C)C)c-2cc1. The smallest absolute Gasteiger partial charge is 0.246 e. The first-order valence-corrected chi connectivity index (χ1v) is 16.0. The Balaban J connectivity index is 2.11. The summed E-state index contributed by atoms with van der Waals surface area (Å²) in [6.45, 7) is 12.4. The van der Waals surface area contributed by atoms with E-state index in [4.69, 9.17) is 0 Å². The van der Waals surface area contributed by atoms with Gasteiger partial charge in [0.2, 0.25) is 0 Å². The van der Waals surface area contributed by atoms with Crippen LogP contribution in [0.25, 0.3) is 17.2 Å². The summed E-state index contributed by atoms with van der Waals surface area (Å²) >= 11 is 0. The molecule has 1 heterocycles. The molecular weight excluding hydrogens is 630 g/mol. The van der Waals surface area contributed by atoms with E-state index in [1.807, 2.05) is 51.1 Å². The summed E-state index contributed by atoms with van der Waals surface area (Å²) in [5.41, 5.74) is -7.07. The van der Waals surface area contributed by atoms with Gasteiger partial charge in [0.15, 0.2) is 0 Å². The number of hydrogen-bond donors (Lipinski definition) is 0. The van der Waals surface area contributed by atoms with Crippen molar-refractivity contribution < 1.29 is 43.2 Å². The lowest BCUT2D eigenvalue weighted by molar-refractivity contribution is -0.0469. The second-order valence-corrected chi connectivity index (χ2v) is 15.6. The lowest BCUT2D eigenvalue weighted by atomic mass is 9.85. The highest BCUT2D eigenvalue weighted by Crippen LogP contribution is 2.40. The number of fused-ring (bicyclic) bond motifs is 1. The average molecular weight is 663 g/mol. The van der Waals surface area contributed by atoms with Gasteiger partial charge in [-0.05, 0) is 50.3 Å². The zero-order valence-electron chi connectivity index (χ0n) is 24.7. The number of halogens is 6. The first-order valence-electron chi connectivity index (χ1n) is 13.2. The Morgan fingerprint density at radius 1 is 0.795 bits per heavy atom. The largest absolute Gasteiger partial charge is 0.518 e. The quantitative estimate of drug-likeness (QED) is 0.178. The minimum atomic E-state index is -5.93. The van der Waals surface area contributed by atoms with E-state index in [9.17, 15) is 43.2 Å². The molecular formula is C30H32F6N2O4S2. The Bertz CT molecular complexity index is 1720. The Morgan fingerprint density at radius 3 is 1.82 bits per heavy atom. The third-order valence-corrected chi connectivity index (χ3v) is 9.11. The van der Waals surface area contributed by atoms with Crippen LogP contribution in [0, 0.1) is 5.92 Å². The summed E-state index contributed by atoms with van der Waals surface area (Å²) in [5, 5.41) is 0. The zero-order chi connectivity index (χ0) is 33.5. The standard InChI is InChI=1S/C30H32F6N2O4S2/c1-27(2,3)23-10-12-24-21(18-26(28(4,5)6)25(24)13-11-23)8-7-9-22(19-37-43(39,40)29(31,32)33)20-14-16-38(17-15-20)44(41,42)30(34,35)36/h7-20H,1-6H3/b8-7+,22-9+,37-19+. The predicted molar refractivity (Wildman–Crippen MR) is 160 cm³/mol. The number of hydrogen-bond acceptors (Lipinski definition) is 4. The number of sulfonamides is 2. The van der Waals surface area contributed by atoms with Crippen molar-refractivity contribution in [2.75, 3.05) is 0 Å². The maximum atomic E-state index is 12.9. The summed E-state index contributed by atoms with van der Waals surface area (Å²) in [6, 6.07) is 10.0. The van der Waals surface area contributed by atoms with Crippen molar-refractivity contribution in [3.05, 3.63) is 89.3 Å². The zero-order valence-corrected chi connectivity index (χ0v) is 26.3. The highest BCUT2D eigenvalue weighted by Gasteiger charge is 2.49. The van der Waals surface area contributed by atoms with Crippen molar-refractivity contribution in [3.8, 4) is 11.1 Å². The van der Waals surface area contributed by atoms with Crippen LogP contribution in [0.3, 0.4) is 0 Å². The van der Waals surface area contributed by atoms with Crippen LogP contribution < -0.4 is 0 Å². The normalized spacial score (nSPS) is 16.6. The number of alkyl halides is 6. The molecule has 0 spiro atoms. The Labute approximate surface area is 253 Å². The maximum absolute atomic E-state index is 12.9. The van der Waals surface area contributed by atoms with Crippen LogP contribution in [0.15, 0.2) is 77.0 Å². The van der Waals surface area contributed by atoms with E-state index >= 15 is 0 Å². The summed E-state index contributed by atoms with van der Waals surface area (Å²) in [7, 11) is -11.7. The molecule has 1 aliphatic heterocycles. The van der Waals surface area contributed by atoms with Gasteiger partial charge in [-0.1, -0.05) is 96.2 Å². The summed E-state index contributed by atoms with van der Waals surface area (Å²) in [6.07, 6.45) is 7.85. The lowest BCUT2D eigenvalue weighted by Crippen LogP contribution is -2.35. The van der Waals surface area contributed by atoms with Gasteiger partial charge in [-0.3, -0.25) is 0 Å². The van der Waals surface area contributed by atoms with Crippen LogP contribution in [-0.2, 0) is 30.9 Å². The van der Waals surface area contributed by atoms with Crippen LogP contribution in [0.1, 0.15) is 58.2 Å². The molecule has 0 aromatic rings. The van der Waals surface area contributed by atoms with E-state index in [-0.39, 0.29) is 20.7 Å². The molecule has 3 aliphatic rings. The highest BCUT2D eigenvalue weighted by atomic mass is 32.2. The minimum Gasteiger partial charge on any atom is -0.246 e. The lowest BCUT2D eigenvalue weighted by Gasteiger charge is -2.22. The Hall–Kier alpha value is -3.39. The third kappa shape index (κ3) is 7.63. The molecule has 0 N–H and O–H groups in total. The number of nitrogens with zero attached hydrogens (tertiary/aromatic N) is 2. The van der Waals surface area contributed by atoms with E-state index in [0.717, 1.165) is 40.0 Å². The molecule has 240 valence electrons. The number of rotatable bonds is 6. The van der Waals surface area contributed by atoms with Gasteiger partial charge in [0.05, 0.1) is 0 Å². The molecule has 0 saturated heterocycles. The van der Waals surface area contributed by atoms with Gasteiger partial charge in [0.25, 0.3) is 0 Å². The van der Waals surface area contributed by atoms with Crippen LogP contribution in [0.4, 0.5) is 26.3 Å². The Morgan fingerprint density at radius 2 is 1.34 bits per heavy atom.